The van der Waals surface area contributed by atoms with Crippen molar-refractivity contribution in [2.75, 3.05) is 5.32 Å². The van der Waals surface area contributed by atoms with Gasteiger partial charge in [0.25, 0.3) is 5.91 Å². The predicted molar refractivity (Wildman–Crippen MR) is 105 cm³/mol. The lowest BCUT2D eigenvalue weighted by molar-refractivity contribution is 0.102. The zero-order chi connectivity index (χ0) is 17.8. The van der Waals surface area contributed by atoms with E-state index >= 15 is 0 Å². The third kappa shape index (κ3) is 4.01. The van der Waals surface area contributed by atoms with Crippen molar-refractivity contribution in [1.29, 1.82) is 0 Å². The van der Waals surface area contributed by atoms with E-state index < -0.39 is 0 Å². The highest BCUT2D eigenvalue weighted by Gasteiger charge is 2.37. The second kappa shape index (κ2) is 7.54. The van der Waals surface area contributed by atoms with Crippen LogP contribution in [-0.4, -0.2) is 11.9 Å². The van der Waals surface area contributed by atoms with Gasteiger partial charge in [-0.2, -0.15) is 0 Å². The van der Waals surface area contributed by atoms with Crippen LogP contribution in [0.1, 0.15) is 33.8 Å². The van der Waals surface area contributed by atoms with E-state index in [1.165, 1.54) is 17.5 Å². The Hall–Kier alpha value is -2.91. The maximum Gasteiger partial charge on any atom is 0.255 e. The van der Waals surface area contributed by atoms with Gasteiger partial charge < -0.3 is 10.6 Å². The lowest BCUT2D eigenvalue weighted by Crippen LogP contribution is -2.17. The van der Waals surface area contributed by atoms with Gasteiger partial charge in [0, 0.05) is 29.8 Å². The van der Waals surface area contributed by atoms with E-state index in [2.05, 4.69) is 47.0 Å². The standard InChI is InChI=1S/C23H22N2O/c26-23(19-9-5-2-6-10-19)25-20-13-11-18(12-14-20)21-15-22(21)24-16-17-7-3-1-4-8-17/h1-14,21-22,24H,15-16H2,(H,25,26)/t21-,22+/m0/s1. The molecule has 1 aliphatic carbocycles. The molecule has 0 aliphatic heterocycles. The minimum Gasteiger partial charge on any atom is -0.322 e. The van der Waals surface area contributed by atoms with Gasteiger partial charge in [0.1, 0.15) is 0 Å². The molecule has 0 heterocycles. The van der Waals surface area contributed by atoms with Crippen LogP contribution in [0.4, 0.5) is 5.69 Å². The topological polar surface area (TPSA) is 41.1 Å². The van der Waals surface area contributed by atoms with Gasteiger partial charge in [-0.15, -0.1) is 0 Å². The average molecular weight is 342 g/mol. The quantitative estimate of drug-likeness (QED) is 0.688. The number of nitrogens with one attached hydrogen (secondary N) is 2. The monoisotopic (exact) mass is 342 g/mol. The van der Waals surface area contributed by atoms with Crippen molar-refractivity contribution in [3.63, 3.8) is 0 Å². The largest absolute Gasteiger partial charge is 0.322 e. The first kappa shape index (κ1) is 16.6. The smallest absolute Gasteiger partial charge is 0.255 e. The Kier molecular flexibility index (Phi) is 4.80. The third-order valence-electron chi connectivity index (χ3n) is 4.83. The molecule has 3 nitrogen and oxygen atoms in total. The van der Waals surface area contributed by atoms with Gasteiger partial charge in [-0.05, 0) is 41.8 Å². The van der Waals surface area contributed by atoms with Crippen LogP contribution in [0.25, 0.3) is 0 Å². The number of hydrogen-bond acceptors (Lipinski definition) is 2. The number of carbonyl (C=O) groups excluding carboxylic acids is 1. The predicted octanol–water partition coefficient (Wildman–Crippen LogP) is 4.58. The molecule has 1 fully saturated rings. The van der Waals surface area contributed by atoms with Crippen LogP contribution in [0.5, 0.6) is 0 Å². The van der Waals surface area contributed by atoms with E-state index in [9.17, 15) is 4.79 Å². The highest BCUT2D eigenvalue weighted by atomic mass is 16.1. The molecule has 0 radical (unpaired) electrons. The molecule has 4 rings (SSSR count). The molecular formula is C23H22N2O. The Balaban J connectivity index is 1.30. The van der Waals surface area contributed by atoms with Crippen molar-refractivity contribution in [3.8, 4) is 0 Å². The lowest BCUT2D eigenvalue weighted by atomic mass is 10.1. The summed E-state index contributed by atoms with van der Waals surface area (Å²) in [4.78, 5) is 12.2. The summed E-state index contributed by atoms with van der Waals surface area (Å²) in [6.45, 7) is 0.910. The average Bonchev–Trinajstić information content (AvgIpc) is 3.48. The Morgan fingerprint density at radius 1 is 0.846 bits per heavy atom. The van der Waals surface area contributed by atoms with Gasteiger partial charge in [-0.3, -0.25) is 4.79 Å². The summed E-state index contributed by atoms with van der Waals surface area (Å²) in [5.41, 5.74) is 4.14. The Morgan fingerprint density at radius 2 is 1.50 bits per heavy atom. The summed E-state index contributed by atoms with van der Waals surface area (Å²) < 4.78 is 0. The molecule has 3 aromatic carbocycles. The van der Waals surface area contributed by atoms with Crippen molar-refractivity contribution in [3.05, 3.63) is 102 Å². The Bertz CT molecular complexity index is 860. The summed E-state index contributed by atoms with van der Waals surface area (Å²) in [5, 5.41) is 6.57. The summed E-state index contributed by atoms with van der Waals surface area (Å²) in [6.07, 6.45) is 1.17. The molecule has 3 heteroatoms. The van der Waals surface area contributed by atoms with Gasteiger partial charge in [-0.25, -0.2) is 0 Å². The normalized spacial score (nSPS) is 18.3. The minimum atomic E-state index is -0.0767. The number of hydrogen-bond donors (Lipinski definition) is 2. The van der Waals surface area contributed by atoms with E-state index in [1.54, 1.807) is 0 Å². The summed E-state index contributed by atoms with van der Waals surface area (Å²) in [5.74, 6) is 0.491. The molecular weight excluding hydrogens is 320 g/mol. The van der Waals surface area contributed by atoms with Crippen LogP contribution < -0.4 is 10.6 Å². The number of amides is 1. The van der Waals surface area contributed by atoms with E-state index in [4.69, 9.17) is 0 Å². The van der Waals surface area contributed by atoms with Crippen molar-refractivity contribution in [2.24, 2.45) is 0 Å². The molecule has 1 amide bonds. The lowest BCUT2D eigenvalue weighted by Gasteiger charge is -2.07. The molecule has 2 N–H and O–H groups in total. The molecule has 3 aromatic rings. The van der Waals surface area contributed by atoms with Gasteiger partial charge in [0.15, 0.2) is 0 Å². The summed E-state index contributed by atoms with van der Waals surface area (Å²) in [7, 11) is 0. The first-order valence-electron chi connectivity index (χ1n) is 9.03. The maximum absolute atomic E-state index is 12.2. The van der Waals surface area contributed by atoms with Gasteiger partial charge in [0.05, 0.1) is 0 Å². The molecule has 1 saturated carbocycles. The zero-order valence-corrected chi connectivity index (χ0v) is 14.6. The number of anilines is 1. The maximum atomic E-state index is 12.2. The number of rotatable bonds is 6. The van der Waals surface area contributed by atoms with Gasteiger partial charge in [-0.1, -0.05) is 60.7 Å². The molecule has 0 saturated heterocycles. The van der Waals surface area contributed by atoms with Gasteiger partial charge in [0.2, 0.25) is 0 Å². The zero-order valence-electron chi connectivity index (χ0n) is 14.6. The SMILES string of the molecule is O=C(Nc1ccc([C@@H]2C[C@H]2NCc2ccccc2)cc1)c1ccccc1. The van der Waals surface area contributed by atoms with Crippen LogP contribution in [0.15, 0.2) is 84.9 Å². The summed E-state index contributed by atoms with van der Waals surface area (Å²) >= 11 is 0. The second-order valence-electron chi connectivity index (χ2n) is 6.76. The van der Waals surface area contributed by atoms with E-state index in [-0.39, 0.29) is 5.91 Å². The van der Waals surface area contributed by atoms with Crippen molar-refractivity contribution in [2.45, 2.75) is 24.9 Å². The number of carbonyl (C=O) groups is 1. The van der Waals surface area contributed by atoms with Crippen LogP contribution >= 0.6 is 0 Å². The minimum absolute atomic E-state index is 0.0767. The van der Waals surface area contributed by atoms with E-state index in [0.29, 0.717) is 17.5 Å². The van der Waals surface area contributed by atoms with Crippen molar-refractivity contribution < 1.29 is 4.79 Å². The molecule has 130 valence electrons. The fourth-order valence-electron chi connectivity index (χ4n) is 3.24. The fraction of sp³-hybridized carbons (Fsp3) is 0.174. The van der Waals surface area contributed by atoms with Crippen LogP contribution in [0, 0.1) is 0 Å². The van der Waals surface area contributed by atoms with Crippen LogP contribution in [0.2, 0.25) is 0 Å². The fourth-order valence-corrected chi connectivity index (χ4v) is 3.24. The molecule has 2 atom stereocenters. The highest BCUT2D eigenvalue weighted by molar-refractivity contribution is 6.04. The first-order valence-corrected chi connectivity index (χ1v) is 9.03. The first-order chi connectivity index (χ1) is 12.8. The molecule has 0 bridgehead atoms. The molecule has 0 spiro atoms. The van der Waals surface area contributed by atoms with E-state index in [1.807, 2.05) is 48.5 Å². The molecule has 26 heavy (non-hydrogen) atoms. The Morgan fingerprint density at radius 3 is 2.19 bits per heavy atom. The third-order valence-corrected chi connectivity index (χ3v) is 4.83. The molecule has 0 unspecified atom stereocenters. The van der Waals surface area contributed by atoms with Crippen molar-refractivity contribution in [1.82, 2.24) is 5.32 Å². The molecule has 1 aliphatic rings. The van der Waals surface area contributed by atoms with Crippen LogP contribution in [0.3, 0.4) is 0 Å². The number of benzene rings is 3. The highest BCUT2D eigenvalue weighted by Crippen LogP contribution is 2.41. The molecule has 0 aromatic heterocycles. The summed E-state index contributed by atoms with van der Waals surface area (Å²) in [6, 6.07) is 28.5. The Labute approximate surface area is 154 Å². The van der Waals surface area contributed by atoms with Gasteiger partial charge >= 0.3 is 0 Å². The van der Waals surface area contributed by atoms with Crippen LogP contribution in [-0.2, 0) is 6.54 Å². The second-order valence-corrected chi connectivity index (χ2v) is 6.76. The van der Waals surface area contributed by atoms with E-state index in [0.717, 1.165) is 12.2 Å². The van der Waals surface area contributed by atoms with Crippen molar-refractivity contribution >= 4 is 11.6 Å².